The summed E-state index contributed by atoms with van der Waals surface area (Å²) in [4.78, 5) is 10.0. The van der Waals surface area contributed by atoms with Crippen molar-refractivity contribution in [2.45, 2.75) is 13.1 Å². The lowest BCUT2D eigenvalue weighted by atomic mass is 10.5. The zero-order chi connectivity index (χ0) is 10.5. The van der Waals surface area contributed by atoms with Gasteiger partial charge >= 0.3 is 6.18 Å². The van der Waals surface area contributed by atoms with E-state index in [9.17, 15) is 18.0 Å². The molecule has 0 aliphatic carbocycles. The Bertz CT molecular complexity index is 222. The molecule has 0 aliphatic rings. The SMILES string of the molecule is C=C(C)N(CC=O)/N=C/C(F)(F)F. The third-order valence-corrected chi connectivity index (χ3v) is 1.03. The maximum atomic E-state index is 11.6. The Morgan fingerprint density at radius 3 is 2.46 bits per heavy atom. The van der Waals surface area contributed by atoms with E-state index < -0.39 is 6.18 Å². The van der Waals surface area contributed by atoms with Crippen molar-refractivity contribution in [2.75, 3.05) is 6.54 Å². The number of allylic oxidation sites excluding steroid dienone is 1. The lowest BCUT2D eigenvalue weighted by molar-refractivity contribution is -0.108. The van der Waals surface area contributed by atoms with Gasteiger partial charge in [-0.2, -0.15) is 18.3 Å². The molecule has 0 saturated carbocycles. The highest BCUT2D eigenvalue weighted by Crippen LogP contribution is 2.11. The molecule has 13 heavy (non-hydrogen) atoms. The normalized spacial score (nSPS) is 11.7. The van der Waals surface area contributed by atoms with Crippen LogP contribution in [0.4, 0.5) is 13.2 Å². The first-order chi connectivity index (χ1) is 5.87. The van der Waals surface area contributed by atoms with E-state index in [4.69, 9.17) is 0 Å². The summed E-state index contributed by atoms with van der Waals surface area (Å²) < 4.78 is 34.9. The highest BCUT2D eigenvalue weighted by atomic mass is 19.4. The van der Waals surface area contributed by atoms with Crippen LogP contribution in [0.1, 0.15) is 6.92 Å². The standard InChI is InChI=1S/C7H9F3N2O/c1-6(2)12(3-4-13)11-5-7(8,9)10/h4-5H,1,3H2,2H3/b11-5+. The van der Waals surface area contributed by atoms with E-state index >= 15 is 0 Å². The van der Waals surface area contributed by atoms with Gasteiger partial charge in [0.25, 0.3) is 0 Å². The van der Waals surface area contributed by atoms with Gasteiger partial charge in [-0.1, -0.05) is 6.58 Å². The van der Waals surface area contributed by atoms with Gasteiger partial charge in [0, 0.05) is 5.70 Å². The number of halogens is 3. The second-order valence-corrected chi connectivity index (χ2v) is 2.27. The van der Waals surface area contributed by atoms with E-state index in [-0.39, 0.29) is 18.5 Å². The van der Waals surface area contributed by atoms with E-state index in [1.165, 1.54) is 6.92 Å². The fraction of sp³-hybridized carbons (Fsp3) is 0.429. The first kappa shape index (κ1) is 11.7. The Hall–Kier alpha value is -1.33. The van der Waals surface area contributed by atoms with Gasteiger partial charge in [0.1, 0.15) is 12.5 Å². The highest BCUT2D eigenvalue weighted by molar-refractivity contribution is 5.64. The predicted molar refractivity (Wildman–Crippen MR) is 42.1 cm³/mol. The number of aldehydes is 1. The average Bonchev–Trinajstić information content (AvgIpc) is 1.95. The molecule has 74 valence electrons. The van der Waals surface area contributed by atoms with Gasteiger partial charge in [-0.05, 0) is 6.92 Å². The maximum Gasteiger partial charge on any atom is 0.428 e. The van der Waals surface area contributed by atoms with Gasteiger partial charge < -0.3 is 4.79 Å². The van der Waals surface area contributed by atoms with Crippen molar-refractivity contribution in [3.63, 3.8) is 0 Å². The molecule has 0 unspecified atom stereocenters. The van der Waals surface area contributed by atoms with Crippen LogP contribution in [0.2, 0.25) is 0 Å². The molecule has 0 heterocycles. The second kappa shape index (κ2) is 4.64. The minimum atomic E-state index is -4.48. The number of alkyl halides is 3. The summed E-state index contributed by atoms with van der Waals surface area (Å²) in [5, 5.41) is 3.90. The Morgan fingerprint density at radius 1 is 1.62 bits per heavy atom. The van der Waals surface area contributed by atoms with Crippen LogP contribution in [-0.4, -0.2) is 30.2 Å². The Labute approximate surface area is 73.5 Å². The molecule has 0 aromatic carbocycles. The molecule has 0 bridgehead atoms. The molecule has 0 rings (SSSR count). The quantitative estimate of drug-likeness (QED) is 0.386. The molecule has 0 fully saturated rings. The summed E-state index contributed by atoms with van der Waals surface area (Å²) in [6, 6.07) is 0. The van der Waals surface area contributed by atoms with E-state index in [0.717, 1.165) is 5.01 Å². The van der Waals surface area contributed by atoms with Crippen LogP contribution in [0.5, 0.6) is 0 Å². The molecule has 0 radical (unpaired) electrons. The molecular formula is C7H9F3N2O. The summed E-state index contributed by atoms with van der Waals surface area (Å²) in [7, 11) is 0. The fourth-order valence-corrected chi connectivity index (χ4v) is 0.507. The Balaban J connectivity index is 4.33. The molecule has 3 nitrogen and oxygen atoms in total. The lowest BCUT2D eigenvalue weighted by Crippen LogP contribution is -2.20. The number of nitrogens with zero attached hydrogens (tertiary/aromatic N) is 2. The van der Waals surface area contributed by atoms with E-state index in [0.29, 0.717) is 6.29 Å². The van der Waals surface area contributed by atoms with Gasteiger partial charge in [-0.15, -0.1) is 0 Å². The number of hydrogen-bond donors (Lipinski definition) is 0. The average molecular weight is 194 g/mol. The van der Waals surface area contributed by atoms with Gasteiger partial charge in [0.15, 0.2) is 0 Å². The minimum absolute atomic E-state index is 0.189. The Morgan fingerprint density at radius 2 is 2.15 bits per heavy atom. The van der Waals surface area contributed by atoms with E-state index in [2.05, 4.69) is 11.7 Å². The van der Waals surface area contributed by atoms with Gasteiger partial charge in [-0.25, -0.2) is 0 Å². The summed E-state index contributed by atoms with van der Waals surface area (Å²) in [5.41, 5.74) is 0.271. The largest absolute Gasteiger partial charge is 0.428 e. The number of rotatable bonds is 4. The van der Waals surface area contributed by atoms with Crippen molar-refractivity contribution in [2.24, 2.45) is 5.10 Å². The van der Waals surface area contributed by atoms with Crippen molar-refractivity contribution >= 4 is 12.5 Å². The molecule has 0 saturated heterocycles. The third-order valence-electron chi connectivity index (χ3n) is 1.03. The maximum absolute atomic E-state index is 11.6. The van der Waals surface area contributed by atoms with E-state index in [1.807, 2.05) is 0 Å². The number of carbonyl (C=O) groups excluding carboxylic acids is 1. The summed E-state index contributed by atoms with van der Waals surface area (Å²) in [5.74, 6) is 0. The molecule has 0 aromatic heterocycles. The first-order valence-electron chi connectivity index (χ1n) is 3.35. The number of hydrazone groups is 1. The summed E-state index contributed by atoms with van der Waals surface area (Å²) in [6.45, 7) is 4.58. The smallest absolute Gasteiger partial charge is 0.301 e. The van der Waals surface area contributed by atoms with E-state index in [1.54, 1.807) is 0 Å². The number of hydrogen-bond acceptors (Lipinski definition) is 3. The topological polar surface area (TPSA) is 32.7 Å². The highest BCUT2D eigenvalue weighted by Gasteiger charge is 2.24. The summed E-state index contributed by atoms with van der Waals surface area (Å²) in [6.07, 6.45) is -4.22. The molecule has 0 N–H and O–H groups in total. The molecule has 0 aromatic rings. The van der Waals surface area contributed by atoms with Crippen molar-refractivity contribution in [3.8, 4) is 0 Å². The van der Waals surface area contributed by atoms with Crippen molar-refractivity contribution in [3.05, 3.63) is 12.3 Å². The zero-order valence-electron chi connectivity index (χ0n) is 7.01. The van der Waals surface area contributed by atoms with Gasteiger partial charge in [0.2, 0.25) is 0 Å². The van der Waals surface area contributed by atoms with Gasteiger partial charge in [-0.3, -0.25) is 5.01 Å². The zero-order valence-corrected chi connectivity index (χ0v) is 7.01. The molecule has 0 aliphatic heterocycles. The molecule has 0 amide bonds. The molecular weight excluding hydrogens is 185 g/mol. The van der Waals surface area contributed by atoms with Crippen molar-refractivity contribution in [1.29, 1.82) is 0 Å². The van der Waals surface area contributed by atoms with Crippen LogP contribution in [0.25, 0.3) is 0 Å². The third kappa shape index (κ3) is 5.89. The summed E-state index contributed by atoms with van der Waals surface area (Å²) >= 11 is 0. The monoisotopic (exact) mass is 194 g/mol. The number of carbonyl (C=O) groups is 1. The fourth-order valence-electron chi connectivity index (χ4n) is 0.507. The molecule has 0 atom stereocenters. The lowest BCUT2D eigenvalue weighted by Gasteiger charge is -2.15. The van der Waals surface area contributed by atoms with Crippen LogP contribution in [0.15, 0.2) is 17.4 Å². The minimum Gasteiger partial charge on any atom is -0.301 e. The Kier molecular flexibility index (Phi) is 4.16. The van der Waals surface area contributed by atoms with Crippen molar-refractivity contribution < 1.29 is 18.0 Å². The van der Waals surface area contributed by atoms with Crippen LogP contribution in [0, 0.1) is 0 Å². The predicted octanol–water partition coefficient (Wildman–Crippen LogP) is 1.57. The van der Waals surface area contributed by atoms with Crippen LogP contribution < -0.4 is 0 Å². The van der Waals surface area contributed by atoms with Crippen LogP contribution >= 0.6 is 0 Å². The molecule has 6 heteroatoms. The van der Waals surface area contributed by atoms with Crippen molar-refractivity contribution in [1.82, 2.24) is 5.01 Å². The molecule has 0 spiro atoms. The van der Waals surface area contributed by atoms with Crippen LogP contribution in [0.3, 0.4) is 0 Å². The van der Waals surface area contributed by atoms with Gasteiger partial charge in [0.05, 0.1) is 6.54 Å². The van der Waals surface area contributed by atoms with Crippen LogP contribution in [-0.2, 0) is 4.79 Å². The first-order valence-corrected chi connectivity index (χ1v) is 3.35. The second-order valence-electron chi connectivity index (χ2n) is 2.27.